The molecule has 8 nitrogen and oxygen atoms in total. The van der Waals surface area contributed by atoms with Crippen molar-refractivity contribution >= 4 is 12.1 Å². The second-order valence-corrected chi connectivity index (χ2v) is 6.37. The summed E-state index contributed by atoms with van der Waals surface area (Å²) in [7, 11) is 0. The van der Waals surface area contributed by atoms with Gasteiger partial charge in [0.2, 0.25) is 0 Å². The number of nitrogens with zero attached hydrogens (tertiary/aromatic N) is 2. The molecule has 1 rings (SSSR count). The van der Waals surface area contributed by atoms with Crippen LogP contribution in [0.5, 0.6) is 0 Å². The van der Waals surface area contributed by atoms with Gasteiger partial charge in [-0.3, -0.25) is 4.90 Å². The molecule has 0 radical (unpaired) electrons. The first-order valence-corrected chi connectivity index (χ1v) is 7.85. The number of hydrogen-bond acceptors (Lipinski definition) is 6. The Morgan fingerprint density at radius 1 is 1.00 bits per heavy atom. The summed E-state index contributed by atoms with van der Waals surface area (Å²) in [6.45, 7) is 10.2. The Labute approximate surface area is 137 Å². The second-order valence-electron chi connectivity index (χ2n) is 6.37. The van der Waals surface area contributed by atoms with E-state index in [2.05, 4.69) is 4.90 Å². The van der Waals surface area contributed by atoms with Crippen LogP contribution >= 0.6 is 0 Å². The molecule has 1 aliphatic heterocycles. The molecule has 1 N–H and O–H groups in total. The van der Waals surface area contributed by atoms with Crippen LogP contribution in [-0.2, 0) is 19.0 Å². The minimum atomic E-state index is -0.979. The van der Waals surface area contributed by atoms with E-state index in [1.807, 2.05) is 20.8 Å². The number of carboxylic acid groups (broad SMARTS) is 1. The standard InChI is InChI=1S/C15H28N2O6/c1-15(2,3)23-14(20)17-6-4-16(5-7-17)8-9-21-10-11-22-12-13(18)19/h4-12H2,1-3H3,(H,18,19). The molecule has 1 heterocycles. The predicted molar refractivity (Wildman–Crippen MR) is 83.5 cm³/mol. The van der Waals surface area contributed by atoms with Crippen LogP contribution in [0.4, 0.5) is 4.79 Å². The highest BCUT2D eigenvalue weighted by Crippen LogP contribution is 2.11. The van der Waals surface area contributed by atoms with Crippen molar-refractivity contribution in [3.05, 3.63) is 0 Å². The molecular formula is C15H28N2O6. The summed E-state index contributed by atoms with van der Waals surface area (Å²) in [6, 6.07) is 0. The Hall–Kier alpha value is -1.38. The third-order valence-corrected chi connectivity index (χ3v) is 3.17. The fraction of sp³-hybridized carbons (Fsp3) is 0.867. The van der Waals surface area contributed by atoms with Crippen LogP contribution in [0, 0.1) is 0 Å². The van der Waals surface area contributed by atoms with Gasteiger partial charge in [0, 0.05) is 32.7 Å². The Balaban J connectivity index is 2.06. The maximum Gasteiger partial charge on any atom is 0.410 e. The molecule has 0 aromatic rings. The smallest absolute Gasteiger partial charge is 0.410 e. The zero-order chi connectivity index (χ0) is 17.3. The van der Waals surface area contributed by atoms with E-state index in [-0.39, 0.29) is 19.3 Å². The summed E-state index contributed by atoms with van der Waals surface area (Å²) in [4.78, 5) is 26.1. The van der Waals surface area contributed by atoms with Crippen molar-refractivity contribution in [2.24, 2.45) is 0 Å². The summed E-state index contributed by atoms with van der Waals surface area (Å²) in [5.74, 6) is -0.979. The van der Waals surface area contributed by atoms with E-state index in [1.165, 1.54) is 0 Å². The Bertz CT molecular complexity index is 375. The number of hydrogen-bond donors (Lipinski definition) is 1. The average Bonchev–Trinajstić information content (AvgIpc) is 2.44. The Morgan fingerprint density at radius 2 is 1.61 bits per heavy atom. The van der Waals surface area contributed by atoms with E-state index in [0.29, 0.717) is 26.3 Å². The average molecular weight is 332 g/mol. The van der Waals surface area contributed by atoms with Crippen LogP contribution in [0.1, 0.15) is 20.8 Å². The molecule has 8 heteroatoms. The van der Waals surface area contributed by atoms with E-state index in [0.717, 1.165) is 19.6 Å². The lowest BCUT2D eigenvalue weighted by Gasteiger charge is -2.35. The molecule has 1 aliphatic rings. The van der Waals surface area contributed by atoms with Gasteiger partial charge in [-0.1, -0.05) is 0 Å². The summed E-state index contributed by atoms with van der Waals surface area (Å²) < 4.78 is 15.6. The van der Waals surface area contributed by atoms with Crippen LogP contribution in [0.3, 0.4) is 0 Å². The maximum absolute atomic E-state index is 11.9. The van der Waals surface area contributed by atoms with Crippen molar-refractivity contribution in [3.8, 4) is 0 Å². The molecule has 0 saturated carbocycles. The molecule has 0 atom stereocenters. The topological polar surface area (TPSA) is 88.5 Å². The van der Waals surface area contributed by atoms with Gasteiger partial charge >= 0.3 is 12.1 Å². The summed E-state index contributed by atoms with van der Waals surface area (Å²) in [5.41, 5.74) is -0.467. The molecule has 0 aromatic carbocycles. The van der Waals surface area contributed by atoms with Crippen molar-refractivity contribution in [1.29, 1.82) is 0 Å². The zero-order valence-electron chi connectivity index (χ0n) is 14.2. The lowest BCUT2D eigenvalue weighted by atomic mass is 10.2. The normalized spacial score (nSPS) is 16.4. The number of aliphatic carboxylic acids is 1. The summed E-state index contributed by atoms with van der Waals surface area (Å²) in [5, 5.41) is 8.40. The molecule has 23 heavy (non-hydrogen) atoms. The molecule has 134 valence electrons. The van der Waals surface area contributed by atoms with Gasteiger partial charge in [0.15, 0.2) is 0 Å². The molecule has 0 unspecified atom stereocenters. The molecule has 0 aromatic heterocycles. The molecule has 1 amide bonds. The molecule has 0 aliphatic carbocycles. The maximum atomic E-state index is 11.9. The van der Waals surface area contributed by atoms with E-state index < -0.39 is 11.6 Å². The van der Waals surface area contributed by atoms with E-state index in [1.54, 1.807) is 4.90 Å². The number of rotatable bonds is 8. The van der Waals surface area contributed by atoms with Crippen molar-refractivity contribution in [1.82, 2.24) is 9.80 Å². The van der Waals surface area contributed by atoms with Crippen molar-refractivity contribution in [3.63, 3.8) is 0 Å². The van der Waals surface area contributed by atoms with Crippen LogP contribution in [0.2, 0.25) is 0 Å². The monoisotopic (exact) mass is 332 g/mol. The number of ether oxygens (including phenoxy) is 3. The number of piperazine rings is 1. The molecule has 1 fully saturated rings. The number of carboxylic acids is 1. The van der Waals surface area contributed by atoms with Gasteiger partial charge < -0.3 is 24.2 Å². The molecule has 0 spiro atoms. The van der Waals surface area contributed by atoms with Crippen LogP contribution in [-0.4, -0.2) is 91.7 Å². The lowest BCUT2D eigenvalue weighted by molar-refractivity contribution is -0.142. The van der Waals surface area contributed by atoms with E-state index in [9.17, 15) is 9.59 Å². The molecule has 1 saturated heterocycles. The van der Waals surface area contributed by atoms with Gasteiger partial charge in [-0.2, -0.15) is 0 Å². The number of amides is 1. The van der Waals surface area contributed by atoms with Crippen molar-refractivity contribution in [2.75, 3.05) is 59.2 Å². The quantitative estimate of drug-likeness (QED) is 0.653. The minimum Gasteiger partial charge on any atom is -0.480 e. The van der Waals surface area contributed by atoms with Crippen molar-refractivity contribution in [2.45, 2.75) is 26.4 Å². The Morgan fingerprint density at radius 3 is 2.17 bits per heavy atom. The third-order valence-electron chi connectivity index (χ3n) is 3.17. The van der Waals surface area contributed by atoms with Gasteiger partial charge in [-0.15, -0.1) is 0 Å². The first-order chi connectivity index (χ1) is 10.8. The van der Waals surface area contributed by atoms with Crippen LogP contribution < -0.4 is 0 Å². The fourth-order valence-corrected chi connectivity index (χ4v) is 2.05. The van der Waals surface area contributed by atoms with Gasteiger partial charge in [-0.05, 0) is 20.8 Å². The molecular weight excluding hydrogens is 304 g/mol. The lowest BCUT2D eigenvalue weighted by Crippen LogP contribution is -2.50. The van der Waals surface area contributed by atoms with Crippen molar-refractivity contribution < 1.29 is 28.9 Å². The minimum absolute atomic E-state index is 0.260. The van der Waals surface area contributed by atoms with E-state index >= 15 is 0 Å². The van der Waals surface area contributed by atoms with E-state index in [4.69, 9.17) is 19.3 Å². The molecule has 0 bridgehead atoms. The highest BCUT2D eigenvalue weighted by atomic mass is 16.6. The zero-order valence-corrected chi connectivity index (χ0v) is 14.2. The van der Waals surface area contributed by atoms with Gasteiger partial charge in [0.05, 0.1) is 19.8 Å². The SMILES string of the molecule is CC(C)(C)OC(=O)N1CCN(CCOCCOCC(=O)O)CC1. The largest absolute Gasteiger partial charge is 0.480 e. The first kappa shape index (κ1) is 19.7. The Kier molecular flexibility index (Phi) is 8.29. The third kappa shape index (κ3) is 9.37. The highest BCUT2D eigenvalue weighted by Gasteiger charge is 2.25. The first-order valence-electron chi connectivity index (χ1n) is 7.85. The fourth-order valence-electron chi connectivity index (χ4n) is 2.05. The summed E-state index contributed by atoms with van der Waals surface area (Å²) >= 11 is 0. The summed E-state index contributed by atoms with van der Waals surface area (Å²) in [6.07, 6.45) is -0.260. The van der Waals surface area contributed by atoms with Gasteiger partial charge in [0.25, 0.3) is 0 Å². The van der Waals surface area contributed by atoms with Crippen LogP contribution in [0.15, 0.2) is 0 Å². The van der Waals surface area contributed by atoms with Crippen LogP contribution in [0.25, 0.3) is 0 Å². The van der Waals surface area contributed by atoms with Gasteiger partial charge in [0.1, 0.15) is 12.2 Å². The highest BCUT2D eigenvalue weighted by molar-refractivity contribution is 5.68. The van der Waals surface area contributed by atoms with Gasteiger partial charge in [-0.25, -0.2) is 9.59 Å². The predicted octanol–water partition coefficient (Wildman–Crippen LogP) is 0.657. The number of carbonyl (C=O) groups excluding carboxylic acids is 1. The second kappa shape index (κ2) is 9.69. The number of carbonyl (C=O) groups is 2.